The molecule has 0 aromatic carbocycles. The van der Waals surface area contributed by atoms with Gasteiger partial charge in [0.25, 0.3) is 0 Å². The standard InChI is InChI=1S/C15H22FIO2/c1-3-15(19-13(18)14(2,17)8-16)7-9-6-12(15)11-5-4-10(9)11/h9-12H,3-8H2,1-2H3. The van der Waals surface area contributed by atoms with E-state index in [1.807, 2.05) is 22.6 Å². The van der Waals surface area contributed by atoms with Crippen LogP contribution in [0.5, 0.6) is 0 Å². The van der Waals surface area contributed by atoms with Crippen molar-refractivity contribution in [3.05, 3.63) is 0 Å². The van der Waals surface area contributed by atoms with E-state index in [-0.39, 0.29) is 11.6 Å². The Bertz CT molecular complexity index is 396. The summed E-state index contributed by atoms with van der Waals surface area (Å²) in [4.78, 5) is 12.2. The Morgan fingerprint density at radius 3 is 2.63 bits per heavy atom. The van der Waals surface area contributed by atoms with Crippen LogP contribution in [0.3, 0.4) is 0 Å². The van der Waals surface area contributed by atoms with Gasteiger partial charge in [-0.05, 0) is 56.8 Å². The SMILES string of the molecule is CCC1(OC(=O)C(C)(I)CF)CC2CC1C1CCC21. The van der Waals surface area contributed by atoms with E-state index in [9.17, 15) is 9.18 Å². The van der Waals surface area contributed by atoms with Gasteiger partial charge in [-0.15, -0.1) is 0 Å². The van der Waals surface area contributed by atoms with Crippen molar-refractivity contribution in [2.24, 2.45) is 23.7 Å². The quantitative estimate of drug-likeness (QED) is 0.420. The van der Waals surface area contributed by atoms with E-state index in [0.717, 1.165) is 30.6 Å². The predicted molar refractivity (Wildman–Crippen MR) is 79.9 cm³/mol. The maximum absolute atomic E-state index is 13.0. The fraction of sp³-hybridized carbons (Fsp3) is 0.933. The fourth-order valence-electron chi connectivity index (χ4n) is 4.69. The molecule has 0 aromatic heterocycles. The van der Waals surface area contributed by atoms with Crippen LogP contribution in [0.1, 0.15) is 46.0 Å². The minimum atomic E-state index is -1.03. The second-order valence-electron chi connectivity index (χ2n) is 6.85. The molecule has 3 aliphatic rings. The van der Waals surface area contributed by atoms with E-state index >= 15 is 0 Å². The molecule has 19 heavy (non-hydrogen) atoms. The van der Waals surface area contributed by atoms with Crippen molar-refractivity contribution in [3.8, 4) is 0 Å². The molecule has 3 rings (SSSR count). The molecule has 2 bridgehead atoms. The molecule has 0 heterocycles. The smallest absolute Gasteiger partial charge is 0.325 e. The van der Waals surface area contributed by atoms with E-state index in [4.69, 9.17) is 4.74 Å². The Hall–Kier alpha value is 0.130. The number of fused-ring (bicyclic) bond motifs is 5. The van der Waals surface area contributed by atoms with Crippen molar-refractivity contribution in [1.29, 1.82) is 0 Å². The van der Waals surface area contributed by atoms with E-state index in [1.54, 1.807) is 6.92 Å². The molecule has 6 atom stereocenters. The molecule has 0 spiro atoms. The molecule has 6 unspecified atom stereocenters. The van der Waals surface area contributed by atoms with Gasteiger partial charge in [-0.1, -0.05) is 29.5 Å². The number of hydrogen-bond donors (Lipinski definition) is 0. The van der Waals surface area contributed by atoms with Gasteiger partial charge in [-0.3, -0.25) is 4.79 Å². The van der Waals surface area contributed by atoms with Gasteiger partial charge >= 0.3 is 5.97 Å². The van der Waals surface area contributed by atoms with Crippen LogP contribution in [-0.4, -0.2) is 21.7 Å². The lowest BCUT2D eigenvalue weighted by atomic mass is 9.60. The maximum atomic E-state index is 13.0. The summed E-state index contributed by atoms with van der Waals surface area (Å²) in [6.07, 6.45) is 5.79. The van der Waals surface area contributed by atoms with E-state index < -0.39 is 10.1 Å². The molecule has 2 nitrogen and oxygen atoms in total. The van der Waals surface area contributed by atoms with Gasteiger partial charge in [-0.2, -0.15) is 0 Å². The first kappa shape index (κ1) is 14.1. The van der Waals surface area contributed by atoms with Gasteiger partial charge in [0, 0.05) is 5.92 Å². The van der Waals surface area contributed by atoms with Crippen molar-refractivity contribution in [2.45, 2.75) is 55.0 Å². The number of alkyl halides is 2. The molecule has 0 aliphatic heterocycles. The molecule has 3 aliphatic carbocycles. The highest BCUT2D eigenvalue weighted by Crippen LogP contribution is 2.66. The Morgan fingerprint density at radius 2 is 2.16 bits per heavy atom. The van der Waals surface area contributed by atoms with Gasteiger partial charge in [0.05, 0.1) is 0 Å². The zero-order valence-corrected chi connectivity index (χ0v) is 13.8. The summed E-state index contributed by atoms with van der Waals surface area (Å²) in [6, 6.07) is 0. The van der Waals surface area contributed by atoms with Crippen LogP contribution >= 0.6 is 22.6 Å². The van der Waals surface area contributed by atoms with Crippen LogP contribution in [0, 0.1) is 23.7 Å². The first-order chi connectivity index (χ1) is 8.93. The third kappa shape index (κ3) is 1.95. The zero-order valence-electron chi connectivity index (χ0n) is 11.6. The zero-order chi connectivity index (χ0) is 13.8. The monoisotopic (exact) mass is 380 g/mol. The summed E-state index contributed by atoms with van der Waals surface area (Å²) in [5.74, 6) is 2.60. The fourth-order valence-corrected chi connectivity index (χ4v) is 4.80. The minimum Gasteiger partial charge on any atom is -0.458 e. The Morgan fingerprint density at radius 1 is 1.47 bits per heavy atom. The third-order valence-corrected chi connectivity index (χ3v) is 6.65. The van der Waals surface area contributed by atoms with Crippen LogP contribution in [0.2, 0.25) is 0 Å². The van der Waals surface area contributed by atoms with Gasteiger partial charge in [0.2, 0.25) is 0 Å². The highest BCUT2D eigenvalue weighted by atomic mass is 127. The number of carbonyl (C=O) groups excluding carboxylic acids is 1. The summed E-state index contributed by atoms with van der Waals surface area (Å²) in [7, 11) is 0. The van der Waals surface area contributed by atoms with Crippen LogP contribution < -0.4 is 0 Å². The minimum absolute atomic E-state index is 0.287. The number of carbonyl (C=O) groups is 1. The molecule has 3 saturated carbocycles. The van der Waals surface area contributed by atoms with E-state index in [0.29, 0.717) is 5.92 Å². The molecule has 108 valence electrons. The van der Waals surface area contributed by atoms with Crippen LogP contribution in [-0.2, 0) is 9.53 Å². The number of esters is 1. The van der Waals surface area contributed by atoms with Crippen LogP contribution in [0.4, 0.5) is 4.39 Å². The average molecular weight is 380 g/mol. The first-order valence-corrected chi connectivity index (χ1v) is 8.50. The summed E-state index contributed by atoms with van der Waals surface area (Å²) < 4.78 is 17.8. The van der Waals surface area contributed by atoms with E-state index in [1.165, 1.54) is 19.3 Å². The van der Waals surface area contributed by atoms with Crippen molar-refractivity contribution >= 4 is 28.6 Å². The van der Waals surface area contributed by atoms with Gasteiger partial charge < -0.3 is 4.74 Å². The summed E-state index contributed by atoms with van der Waals surface area (Å²) in [6.45, 7) is 3.08. The molecular weight excluding hydrogens is 358 g/mol. The number of halogens is 2. The topological polar surface area (TPSA) is 26.3 Å². The molecule has 3 fully saturated rings. The van der Waals surface area contributed by atoms with Crippen LogP contribution in [0.15, 0.2) is 0 Å². The lowest BCUT2D eigenvalue weighted by Gasteiger charge is -2.49. The lowest BCUT2D eigenvalue weighted by molar-refractivity contribution is -0.177. The number of ether oxygens (including phenoxy) is 1. The normalized spacial score (nSPS) is 46.3. The van der Waals surface area contributed by atoms with Gasteiger partial charge in [-0.25, -0.2) is 4.39 Å². The largest absolute Gasteiger partial charge is 0.458 e. The highest BCUT2D eigenvalue weighted by Gasteiger charge is 2.64. The lowest BCUT2D eigenvalue weighted by Crippen LogP contribution is -2.51. The Labute approximate surface area is 128 Å². The summed E-state index contributed by atoms with van der Waals surface area (Å²) in [5, 5.41) is 0. The molecule has 0 aromatic rings. The first-order valence-electron chi connectivity index (χ1n) is 7.42. The summed E-state index contributed by atoms with van der Waals surface area (Å²) in [5.41, 5.74) is -0.287. The third-order valence-electron chi connectivity index (χ3n) is 5.92. The predicted octanol–water partition coefficient (Wildman–Crippen LogP) is 3.91. The maximum Gasteiger partial charge on any atom is 0.325 e. The number of rotatable bonds is 4. The summed E-state index contributed by atoms with van der Waals surface area (Å²) >= 11 is 1.88. The molecule has 4 heteroatoms. The van der Waals surface area contributed by atoms with Crippen molar-refractivity contribution in [1.82, 2.24) is 0 Å². The molecule has 0 N–H and O–H groups in total. The Kier molecular flexibility index (Phi) is 3.39. The molecular formula is C15H22FIO2. The molecule has 0 amide bonds. The second kappa shape index (κ2) is 4.57. The average Bonchev–Trinajstić information content (AvgIpc) is 2.78. The highest BCUT2D eigenvalue weighted by molar-refractivity contribution is 14.1. The van der Waals surface area contributed by atoms with Crippen molar-refractivity contribution in [3.63, 3.8) is 0 Å². The van der Waals surface area contributed by atoms with Crippen molar-refractivity contribution in [2.75, 3.05) is 6.67 Å². The van der Waals surface area contributed by atoms with Crippen LogP contribution in [0.25, 0.3) is 0 Å². The van der Waals surface area contributed by atoms with Gasteiger partial charge in [0.1, 0.15) is 15.7 Å². The number of hydrogen-bond acceptors (Lipinski definition) is 2. The van der Waals surface area contributed by atoms with Crippen molar-refractivity contribution < 1.29 is 13.9 Å². The Balaban J connectivity index is 1.77. The molecule has 0 saturated heterocycles. The second-order valence-corrected chi connectivity index (χ2v) is 9.23. The van der Waals surface area contributed by atoms with E-state index in [2.05, 4.69) is 6.92 Å². The molecule has 0 radical (unpaired) electrons. The van der Waals surface area contributed by atoms with Gasteiger partial charge in [0.15, 0.2) is 0 Å².